The molecule has 1 aromatic heterocycles. The number of carbonyl (C=O) groups excluding carboxylic acids is 1. The topological polar surface area (TPSA) is 63.7 Å². The fourth-order valence-corrected chi connectivity index (χ4v) is 3.76. The van der Waals surface area contributed by atoms with Gasteiger partial charge >= 0.3 is 0 Å². The van der Waals surface area contributed by atoms with Crippen molar-refractivity contribution in [2.24, 2.45) is 0 Å². The second-order valence-corrected chi connectivity index (χ2v) is 7.15. The number of carbonyl (C=O) groups is 1. The molecule has 0 unspecified atom stereocenters. The molecule has 1 saturated heterocycles. The Morgan fingerprint density at radius 1 is 1.35 bits per heavy atom. The third-order valence-electron chi connectivity index (χ3n) is 4.31. The second kappa shape index (κ2) is 9.66. The molecule has 0 aliphatic carbocycles. The monoisotopic (exact) mass is 375 g/mol. The molecule has 2 aromatic rings. The Labute approximate surface area is 158 Å². The van der Waals surface area contributed by atoms with E-state index in [4.69, 9.17) is 9.47 Å². The smallest absolute Gasteiger partial charge is 0.226 e. The average Bonchev–Trinajstić information content (AvgIpc) is 3.09. The number of methoxy groups -OCH3 is 1. The zero-order valence-electron chi connectivity index (χ0n) is 15.1. The van der Waals surface area contributed by atoms with Crippen molar-refractivity contribution in [3.8, 4) is 5.75 Å². The predicted octanol–water partition coefficient (Wildman–Crippen LogP) is 1.89. The Morgan fingerprint density at radius 3 is 2.96 bits per heavy atom. The van der Waals surface area contributed by atoms with E-state index < -0.39 is 0 Å². The Balaban J connectivity index is 1.42. The van der Waals surface area contributed by atoms with Gasteiger partial charge in [0.15, 0.2) is 0 Å². The van der Waals surface area contributed by atoms with E-state index in [1.54, 1.807) is 18.4 Å². The molecule has 0 saturated carbocycles. The van der Waals surface area contributed by atoms with Crippen LogP contribution in [0.5, 0.6) is 5.75 Å². The van der Waals surface area contributed by atoms with Crippen molar-refractivity contribution in [3.63, 3.8) is 0 Å². The van der Waals surface area contributed by atoms with Crippen LogP contribution in [0.2, 0.25) is 0 Å². The van der Waals surface area contributed by atoms with Gasteiger partial charge in [0.2, 0.25) is 5.91 Å². The van der Waals surface area contributed by atoms with Crippen LogP contribution in [-0.4, -0.2) is 55.7 Å². The van der Waals surface area contributed by atoms with Crippen molar-refractivity contribution in [2.45, 2.75) is 19.4 Å². The van der Waals surface area contributed by atoms with Crippen molar-refractivity contribution >= 4 is 17.2 Å². The van der Waals surface area contributed by atoms with Crippen LogP contribution >= 0.6 is 11.3 Å². The molecule has 3 rings (SSSR count). The van der Waals surface area contributed by atoms with Crippen molar-refractivity contribution in [1.82, 2.24) is 15.2 Å². The molecule has 1 aliphatic heterocycles. The fraction of sp³-hybridized carbons (Fsp3) is 0.474. The molecule has 1 N–H and O–H groups in total. The zero-order chi connectivity index (χ0) is 18.2. The van der Waals surface area contributed by atoms with Crippen LogP contribution in [0.3, 0.4) is 0 Å². The molecule has 1 aliphatic rings. The van der Waals surface area contributed by atoms with E-state index in [0.29, 0.717) is 13.0 Å². The highest BCUT2D eigenvalue weighted by Crippen LogP contribution is 2.17. The van der Waals surface area contributed by atoms with Crippen LogP contribution in [0, 0.1) is 0 Å². The minimum atomic E-state index is 0.00289. The summed E-state index contributed by atoms with van der Waals surface area (Å²) in [6.07, 6.45) is 1.07. The van der Waals surface area contributed by atoms with Crippen molar-refractivity contribution in [2.75, 3.05) is 40.0 Å². The molecule has 0 radical (unpaired) electrons. The highest BCUT2D eigenvalue weighted by atomic mass is 32.1. The minimum Gasteiger partial charge on any atom is -0.496 e. The van der Waals surface area contributed by atoms with Gasteiger partial charge in [-0.15, -0.1) is 11.3 Å². The first-order chi connectivity index (χ1) is 12.7. The van der Waals surface area contributed by atoms with Crippen molar-refractivity contribution < 1.29 is 14.3 Å². The number of thiazole rings is 1. The number of benzene rings is 1. The molecule has 26 heavy (non-hydrogen) atoms. The number of ether oxygens (including phenoxy) is 2. The van der Waals surface area contributed by atoms with E-state index >= 15 is 0 Å². The first kappa shape index (κ1) is 18.8. The van der Waals surface area contributed by atoms with Gasteiger partial charge in [0, 0.05) is 25.0 Å². The summed E-state index contributed by atoms with van der Waals surface area (Å²) >= 11 is 1.62. The van der Waals surface area contributed by atoms with E-state index in [1.165, 1.54) is 0 Å². The van der Waals surface area contributed by atoms with E-state index in [1.807, 2.05) is 29.6 Å². The second-order valence-electron chi connectivity index (χ2n) is 6.21. The minimum absolute atomic E-state index is 0.00289. The van der Waals surface area contributed by atoms with Gasteiger partial charge in [-0.2, -0.15) is 0 Å². The lowest BCUT2D eigenvalue weighted by Crippen LogP contribution is -2.35. The van der Waals surface area contributed by atoms with Crippen LogP contribution in [0.25, 0.3) is 0 Å². The molecule has 6 nitrogen and oxygen atoms in total. The molecule has 0 bridgehead atoms. The molecule has 0 spiro atoms. The molecule has 1 aromatic carbocycles. The van der Waals surface area contributed by atoms with Gasteiger partial charge in [-0.25, -0.2) is 4.98 Å². The quantitative estimate of drug-likeness (QED) is 0.763. The number of morpholine rings is 1. The lowest BCUT2D eigenvalue weighted by Gasteiger charge is -2.25. The first-order valence-electron chi connectivity index (χ1n) is 8.86. The standard InChI is InChI=1S/C19H25N3O3S/c1-24-17-5-3-2-4-15(17)6-7-20-18(23)12-16-14-26-19(21-16)13-22-8-10-25-11-9-22/h2-5,14H,6-13H2,1H3,(H,20,23). The third-order valence-corrected chi connectivity index (χ3v) is 5.19. The zero-order valence-corrected chi connectivity index (χ0v) is 15.9. The number of nitrogens with zero attached hydrogens (tertiary/aromatic N) is 2. The average molecular weight is 375 g/mol. The van der Waals surface area contributed by atoms with Gasteiger partial charge in [0.05, 0.1) is 39.0 Å². The van der Waals surface area contributed by atoms with E-state index in [2.05, 4.69) is 15.2 Å². The number of hydrogen-bond acceptors (Lipinski definition) is 6. The van der Waals surface area contributed by atoms with Crippen LogP contribution in [0.15, 0.2) is 29.6 Å². The lowest BCUT2D eigenvalue weighted by molar-refractivity contribution is -0.120. The third kappa shape index (κ3) is 5.52. The number of rotatable bonds is 8. The molecule has 7 heteroatoms. The molecular weight excluding hydrogens is 350 g/mol. The molecule has 1 amide bonds. The number of amides is 1. The van der Waals surface area contributed by atoms with Gasteiger partial charge in [0.1, 0.15) is 10.8 Å². The van der Waals surface area contributed by atoms with Gasteiger partial charge in [-0.1, -0.05) is 18.2 Å². The van der Waals surface area contributed by atoms with E-state index in [0.717, 1.165) is 61.3 Å². The van der Waals surface area contributed by atoms with Crippen LogP contribution in [-0.2, 0) is 28.9 Å². The summed E-state index contributed by atoms with van der Waals surface area (Å²) in [5.41, 5.74) is 1.94. The highest BCUT2D eigenvalue weighted by molar-refractivity contribution is 7.09. The summed E-state index contributed by atoms with van der Waals surface area (Å²) in [5, 5.41) is 6.01. The molecule has 2 heterocycles. The van der Waals surface area contributed by atoms with Gasteiger partial charge in [-0.05, 0) is 18.1 Å². The van der Waals surface area contributed by atoms with Crippen LogP contribution in [0.1, 0.15) is 16.3 Å². The van der Waals surface area contributed by atoms with Gasteiger partial charge in [-0.3, -0.25) is 9.69 Å². The Kier molecular flexibility index (Phi) is 6.99. The molecule has 1 fully saturated rings. The van der Waals surface area contributed by atoms with Crippen LogP contribution < -0.4 is 10.1 Å². The maximum atomic E-state index is 12.2. The fourth-order valence-electron chi connectivity index (χ4n) is 2.93. The largest absolute Gasteiger partial charge is 0.496 e. The number of para-hydroxylation sites is 1. The molecule has 140 valence electrons. The predicted molar refractivity (Wildman–Crippen MR) is 102 cm³/mol. The van der Waals surface area contributed by atoms with E-state index in [9.17, 15) is 4.79 Å². The summed E-state index contributed by atoms with van der Waals surface area (Å²) in [4.78, 5) is 19.1. The van der Waals surface area contributed by atoms with Crippen molar-refractivity contribution in [1.29, 1.82) is 0 Å². The van der Waals surface area contributed by atoms with Crippen LogP contribution in [0.4, 0.5) is 0 Å². The SMILES string of the molecule is COc1ccccc1CCNC(=O)Cc1csc(CN2CCOCC2)n1. The maximum absolute atomic E-state index is 12.2. The summed E-state index contributed by atoms with van der Waals surface area (Å²) in [5.74, 6) is 0.858. The highest BCUT2D eigenvalue weighted by Gasteiger charge is 2.14. The normalized spacial score (nSPS) is 15.0. The molecular formula is C19H25N3O3S. The van der Waals surface area contributed by atoms with Crippen molar-refractivity contribution in [3.05, 3.63) is 45.9 Å². The van der Waals surface area contributed by atoms with Gasteiger partial charge in [0.25, 0.3) is 0 Å². The van der Waals surface area contributed by atoms with Gasteiger partial charge < -0.3 is 14.8 Å². The summed E-state index contributed by atoms with van der Waals surface area (Å²) < 4.78 is 10.7. The first-order valence-corrected chi connectivity index (χ1v) is 9.74. The Bertz CT molecular complexity index is 714. The number of hydrogen-bond donors (Lipinski definition) is 1. The number of nitrogens with one attached hydrogen (secondary N) is 1. The summed E-state index contributed by atoms with van der Waals surface area (Å²) in [7, 11) is 1.66. The summed E-state index contributed by atoms with van der Waals surface area (Å²) in [6.45, 7) is 4.88. The lowest BCUT2D eigenvalue weighted by atomic mass is 10.1. The Hall–Kier alpha value is -1.96. The maximum Gasteiger partial charge on any atom is 0.226 e. The Morgan fingerprint density at radius 2 is 2.15 bits per heavy atom. The number of aromatic nitrogens is 1. The van der Waals surface area contributed by atoms with E-state index in [-0.39, 0.29) is 5.91 Å². The summed E-state index contributed by atoms with van der Waals surface area (Å²) in [6, 6.07) is 7.87. The molecule has 0 atom stereocenters.